The third kappa shape index (κ3) is 4.41. The molecule has 2 aromatic carbocycles. The van der Waals surface area contributed by atoms with Crippen molar-refractivity contribution in [3.05, 3.63) is 88.0 Å². The first-order chi connectivity index (χ1) is 11.6. The lowest BCUT2D eigenvalue weighted by Crippen LogP contribution is -2.20. The largest absolute Gasteiger partial charge is 0.234 e. The molecule has 1 N–H and O–H groups in total. The lowest BCUT2D eigenvalue weighted by Gasteiger charge is -2.09. The Bertz CT molecular complexity index is 915. The summed E-state index contributed by atoms with van der Waals surface area (Å²) in [6.07, 6.45) is 1.59. The van der Waals surface area contributed by atoms with Gasteiger partial charge in [-0.3, -0.25) is 0 Å². The maximum absolute atomic E-state index is 12.2. The van der Waals surface area contributed by atoms with Crippen LogP contribution in [0.4, 0.5) is 0 Å². The SMILES string of the molecule is O=S(=O)(/C=C/c1ccccc1)NCc1ccccc1-c1ccsc1. The van der Waals surface area contributed by atoms with Gasteiger partial charge in [0.05, 0.1) is 0 Å². The van der Waals surface area contributed by atoms with Crippen LogP contribution in [-0.2, 0) is 16.6 Å². The van der Waals surface area contributed by atoms with Crippen LogP contribution in [0.5, 0.6) is 0 Å². The summed E-state index contributed by atoms with van der Waals surface area (Å²) in [7, 11) is -3.49. The van der Waals surface area contributed by atoms with E-state index in [0.29, 0.717) is 0 Å². The maximum Gasteiger partial charge on any atom is 0.234 e. The van der Waals surface area contributed by atoms with Gasteiger partial charge in [-0.05, 0) is 45.2 Å². The maximum atomic E-state index is 12.2. The molecule has 0 fully saturated rings. The van der Waals surface area contributed by atoms with E-state index in [1.807, 2.05) is 66.0 Å². The highest BCUT2D eigenvalue weighted by Crippen LogP contribution is 2.25. The van der Waals surface area contributed by atoms with E-state index in [9.17, 15) is 8.42 Å². The van der Waals surface area contributed by atoms with Crippen molar-refractivity contribution in [1.29, 1.82) is 0 Å². The van der Waals surface area contributed by atoms with E-state index >= 15 is 0 Å². The normalized spacial score (nSPS) is 11.8. The molecule has 122 valence electrons. The Morgan fingerprint density at radius 2 is 1.71 bits per heavy atom. The second-order valence-corrected chi connectivity index (χ2v) is 7.68. The zero-order chi connectivity index (χ0) is 16.8. The van der Waals surface area contributed by atoms with Crippen LogP contribution in [0.3, 0.4) is 0 Å². The third-order valence-corrected chi connectivity index (χ3v) is 5.28. The van der Waals surface area contributed by atoms with Crippen LogP contribution < -0.4 is 4.72 Å². The Morgan fingerprint density at radius 1 is 0.958 bits per heavy atom. The molecule has 0 aliphatic carbocycles. The van der Waals surface area contributed by atoms with Gasteiger partial charge < -0.3 is 0 Å². The summed E-state index contributed by atoms with van der Waals surface area (Å²) in [6.45, 7) is 0.257. The van der Waals surface area contributed by atoms with E-state index in [0.717, 1.165) is 22.3 Å². The minimum Gasteiger partial charge on any atom is -0.208 e. The van der Waals surface area contributed by atoms with E-state index in [-0.39, 0.29) is 6.54 Å². The highest BCUT2D eigenvalue weighted by molar-refractivity contribution is 7.92. The van der Waals surface area contributed by atoms with E-state index in [1.165, 1.54) is 5.41 Å². The second-order valence-electron chi connectivity index (χ2n) is 5.25. The van der Waals surface area contributed by atoms with Gasteiger partial charge in [-0.25, -0.2) is 13.1 Å². The van der Waals surface area contributed by atoms with Crippen LogP contribution in [0.2, 0.25) is 0 Å². The minimum absolute atomic E-state index is 0.257. The van der Waals surface area contributed by atoms with Gasteiger partial charge in [-0.2, -0.15) is 11.3 Å². The molecule has 3 aromatic rings. The van der Waals surface area contributed by atoms with Crippen molar-refractivity contribution < 1.29 is 8.42 Å². The number of hydrogen-bond donors (Lipinski definition) is 1. The van der Waals surface area contributed by atoms with Crippen LogP contribution in [0, 0.1) is 0 Å². The molecule has 0 saturated carbocycles. The first-order valence-corrected chi connectivity index (χ1v) is 9.96. The van der Waals surface area contributed by atoms with Crippen molar-refractivity contribution in [2.45, 2.75) is 6.54 Å². The molecular weight excluding hydrogens is 338 g/mol. The van der Waals surface area contributed by atoms with Crippen LogP contribution in [0.1, 0.15) is 11.1 Å². The first kappa shape index (κ1) is 16.6. The van der Waals surface area contributed by atoms with Crippen molar-refractivity contribution in [3.63, 3.8) is 0 Å². The summed E-state index contributed by atoms with van der Waals surface area (Å²) < 4.78 is 27.0. The van der Waals surface area contributed by atoms with E-state index in [4.69, 9.17) is 0 Å². The second kappa shape index (κ2) is 7.57. The molecule has 0 amide bonds. The molecule has 0 atom stereocenters. The molecule has 0 unspecified atom stereocenters. The van der Waals surface area contributed by atoms with E-state index in [2.05, 4.69) is 10.1 Å². The Balaban J connectivity index is 1.73. The Labute approximate surface area is 146 Å². The van der Waals surface area contributed by atoms with Gasteiger partial charge in [0.1, 0.15) is 0 Å². The number of hydrogen-bond acceptors (Lipinski definition) is 3. The van der Waals surface area contributed by atoms with Gasteiger partial charge in [0.25, 0.3) is 0 Å². The summed E-state index contributed by atoms with van der Waals surface area (Å²) in [5.41, 5.74) is 3.96. The molecular formula is C19H17NO2S2. The number of sulfonamides is 1. The molecule has 0 saturated heterocycles. The van der Waals surface area contributed by atoms with Crippen LogP contribution >= 0.6 is 11.3 Å². The molecule has 0 aliphatic heterocycles. The van der Waals surface area contributed by atoms with Crippen LogP contribution in [-0.4, -0.2) is 8.42 Å². The molecule has 0 aliphatic rings. The predicted octanol–water partition coefficient (Wildman–Crippen LogP) is 4.51. The molecule has 0 spiro atoms. The molecule has 1 aromatic heterocycles. The lowest BCUT2D eigenvalue weighted by molar-refractivity contribution is 0.591. The average molecular weight is 355 g/mol. The predicted molar refractivity (Wildman–Crippen MR) is 101 cm³/mol. The summed E-state index contributed by atoms with van der Waals surface area (Å²) in [6, 6.07) is 19.2. The van der Waals surface area contributed by atoms with Crippen LogP contribution in [0.25, 0.3) is 17.2 Å². The highest BCUT2D eigenvalue weighted by atomic mass is 32.2. The Morgan fingerprint density at radius 3 is 2.46 bits per heavy atom. The van der Waals surface area contributed by atoms with Crippen molar-refractivity contribution in [2.75, 3.05) is 0 Å². The quantitative estimate of drug-likeness (QED) is 0.707. The van der Waals surface area contributed by atoms with Crippen LogP contribution in [0.15, 0.2) is 76.8 Å². The lowest BCUT2D eigenvalue weighted by atomic mass is 10.0. The van der Waals surface area contributed by atoms with E-state index in [1.54, 1.807) is 17.4 Å². The molecule has 0 bridgehead atoms. The summed E-state index contributed by atoms with van der Waals surface area (Å²) in [4.78, 5) is 0. The summed E-state index contributed by atoms with van der Waals surface area (Å²) >= 11 is 1.62. The fourth-order valence-electron chi connectivity index (χ4n) is 2.33. The monoisotopic (exact) mass is 355 g/mol. The molecule has 3 nitrogen and oxygen atoms in total. The van der Waals surface area contributed by atoms with Gasteiger partial charge in [0.2, 0.25) is 10.0 Å². The highest BCUT2D eigenvalue weighted by Gasteiger charge is 2.09. The average Bonchev–Trinajstić information content (AvgIpc) is 3.14. The zero-order valence-electron chi connectivity index (χ0n) is 12.9. The third-order valence-electron chi connectivity index (χ3n) is 3.55. The number of benzene rings is 2. The van der Waals surface area contributed by atoms with Crippen molar-refractivity contribution >= 4 is 27.4 Å². The zero-order valence-corrected chi connectivity index (χ0v) is 14.6. The van der Waals surface area contributed by atoms with Gasteiger partial charge >= 0.3 is 0 Å². The van der Waals surface area contributed by atoms with Crippen molar-refractivity contribution in [3.8, 4) is 11.1 Å². The fourth-order valence-corrected chi connectivity index (χ4v) is 3.78. The van der Waals surface area contributed by atoms with Crippen molar-refractivity contribution in [2.24, 2.45) is 0 Å². The van der Waals surface area contributed by atoms with E-state index < -0.39 is 10.0 Å². The standard InChI is InChI=1S/C19H17NO2S2/c21-24(22,13-11-16-6-2-1-3-7-16)20-14-17-8-4-5-9-19(17)18-10-12-23-15-18/h1-13,15,20H,14H2/b13-11+. The number of nitrogens with one attached hydrogen (secondary N) is 1. The summed E-state index contributed by atoms with van der Waals surface area (Å²) in [5, 5.41) is 5.27. The number of thiophene rings is 1. The smallest absolute Gasteiger partial charge is 0.208 e. The van der Waals surface area contributed by atoms with Crippen molar-refractivity contribution in [1.82, 2.24) is 4.72 Å². The minimum atomic E-state index is -3.49. The Kier molecular flexibility index (Phi) is 5.25. The fraction of sp³-hybridized carbons (Fsp3) is 0.0526. The van der Waals surface area contributed by atoms with Gasteiger partial charge in [0, 0.05) is 12.0 Å². The summed E-state index contributed by atoms with van der Waals surface area (Å²) in [5.74, 6) is 0. The molecule has 3 rings (SSSR count). The van der Waals surface area contributed by atoms with Gasteiger partial charge in [0.15, 0.2) is 0 Å². The molecule has 1 heterocycles. The topological polar surface area (TPSA) is 46.2 Å². The van der Waals surface area contributed by atoms with Gasteiger partial charge in [-0.1, -0.05) is 54.6 Å². The van der Waals surface area contributed by atoms with Gasteiger partial charge in [-0.15, -0.1) is 0 Å². The Hall–Kier alpha value is -2.21. The first-order valence-electron chi connectivity index (χ1n) is 7.47. The molecule has 5 heteroatoms. The number of rotatable bonds is 6. The molecule has 0 radical (unpaired) electrons. The molecule has 24 heavy (non-hydrogen) atoms.